The van der Waals surface area contributed by atoms with E-state index in [1.807, 2.05) is 68.7 Å². The maximum Gasteiger partial charge on any atom is 0.430 e. The van der Waals surface area contributed by atoms with Crippen molar-refractivity contribution in [2.75, 3.05) is 37.7 Å². The van der Waals surface area contributed by atoms with Crippen LogP contribution in [0.25, 0.3) is 5.32 Å². The summed E-state index contributed by atoms with van der Waals surface area (Å²) in [6.45, 7) is 13.2. The van der Waals surface area contributed by atoms with Crippen LogP contribution >= 0.6 is 0 Å². The summed E-state index contributed by atoms with van der Waals surface area (Å²) in [6.07, 6.45) is -11.2. The highest BCUT2D eigenvalue weighted by Crippen LogP contribution is 2.50. The van der Waals surface area contributed by atoms with Crippen LogP contribution in [0.5, 0.6) is 5.75 Å². The normalized spacial score (nSPS) is 23.3. The molecular formula is C33H43F6N4O3-. The molecule has 256 valence electrons. The summed E-state index contributed by atoms with van der Waals surface area (Å²) in [5.74, 6) is 0.695. The van der Waals surface area contributed by atoms with Crippen molar-refractivity contribution in [3.63, 3.8) is 0 Å². The quantitative estimate of drug-likeness (QED) is 0.303. The first-order chi connectivity index (χ1) is 21.3. The third-order valence-corrected chi connectivity index (χ3v) is 8.81. The summed E-state index contributed by atoms with van der Waals surface area (Å²) in [6, 6.07) is 9.99. The SMILES string of the molecule is CCCc1cc(C(O)(C(F)(F)F)C(F)(F)F)ccc1N1C[C@@H](C)N(C(=O)CN2C[N-][C@@](C)(c3ccc(OC(C)C)cc3)C2)CC1C. The molecular weight excluding hydrogens is 614 g/mol. The molecule has 2 saturated heterocycles. The first-order valence-electron chi connectivity index (χ1n) is 15.5. The lowest BCUT2D eigenvalue weighted by Crippen LogP contribution is -2.59. The van der Waals surface area contributed by atoms with Crippen LogP contribution in [0.3, 0.4) is 0 Å². The fraction of sp³-hybridized carbons (Fsp3) is 0.606. The summed E-state index contributed by atoms with van der Waals surface area (Å²) >= 11 is 0. The molecule has 46 heavy (non-hydrogen) atoms. The Labute approximate surface area is 266 Å². The summed E-state index contributed by atoms with van der Waals surface area (Å²) < 4.78 is 87.2. The number of carbonyl (C=O) groups excluding carboxylic acids is 1. The lowest BCUT2D eigenvalue weighted by Gasteiger charge is -2.46. The minimum absolute atomic E-state index is 0.0631. The number of halogens is 6. The minimum atomic E-state index is -5.96. The second-order valence-electron chi connectivity index (χ2n) is 12.9. The van der Waals surface area contributed by atoms with E-state index in [0.29, 0.717) is 44.5 Å². The molecule has 1 N–H and O–H groups in total. The fourth-order valence-corrected chi connectivity index (χ4v) is 6.38. The number of nitrogens with zero attached hydrogens (tertiary/aromatic N) is 4. The van der Waals surface area contributed by atoms with Crippen molar-refractivity contribution in [2.45, 2.75) is 96.1 Å². The molecule has 2 aliphatic rings. The Kier molecular flexibility index (Phi) is 10.3. The zero-order valence-electron chi connectivity index (χ0n) is 27.0. The van der Waals surface area contributed by atoms with Crippen molar-refractivity contribution < 1.29 is 41.0 Å². The number of rotatable bonds is 9. The highest BCUT2D eigenvalue weighted by molar-refractivity contribution is 5.79. The van der Waals surface area contributed by atoms with Gasteiger partial charge in [0.2, 0.25) is 5.91 Å². The molecule has 1 unspecified atom stereocenters. The second kappa shape index (κ2) is 13.2. The first-order valence-corrected chi connectivity index (χ1v) is 15.5. The highest BCUT2D eigenvalue weighted by atomic mass is 19.4. The van der Waals surface area contributed by atoms with E-state index in [1.165, 1.54) is 6.07 Å². The van der Waals surface area contributed by atoms with Gasteiger partial charge in [-0.25, -0.2) is 0 Å². The molecule has 0 saturated carbocycles. The van der Waals surface area contributed by atoms with Gasteiger partial charge in [-0.1, -0.05) is 62.3 Å². The molecule has 0 aromatic heterocycles. The number of alkyl halides is 6. The molecule has 13 heteroatoms. The van der Waals surface area contributed by atoms with Crippen LogP contribution in [-0.2, 0) is 22.4 Å². The van der Waals surface area contributed by atoms with E-state index in [0.717, 1.165) is 17.4 Å². The van der Waals surface area contributed by atoms with Gasteiger partial charge in [0.05, 0.1) is 12.6 Å². The molecule has 2 aromatic carbocycles. The van der Waals surface area contributed by atoms with Crippen LogP contribution in [0.1, 0.15) is 64.7 Å². The molecule has 2 fully saturated rings. The van der Waals surface area contributed by atoms with Gasteiger partial charge in [0.25, 0.3) is 5.60 Å². The largest absolute Gasteiger partial charge is 0.640 e. The monoisotopic (exact) mass is 657 g/mol. The third kappa shape index (κ3) is 7.11. The van der Waals surface area contributed by atoms with Crippen LogP contribution in [0.15, 0.2) is 42.5 Å². The molecule has 7 nitrogen and oxygen atoms in total. The van der Waals surface area contributed by atoms with Gasteiger partial charge in [-0.2, -0.15) is 26.3 Å². The Morgan fingerprint density at radius 2 is 1.65 bits per heavy atom. The number of anilines is 1. The van der Waals surface area contributed by atoms with Crippen LogP contribution in [-0.4, -0.2) is 84.2 Å². The van der Waals surface area contributed by atoms with Gasteiger partial charge < -0.3 is 29.9 Å². The molecule has 2 heterocycles. The number of ether oxygens (including phenoxy) is 1. The van der Waals surface area contributed by atoms with Gasteiger partial charge in [-0.15, -0.1) is 0 Å². The van der Waals surface area contributed by atoms with Crippen molar-refractivity contribution in [2.24, 2.45) is 0 Å². The molecule has 0 bridgehead atoms. The maximum atomic E-state index is 13.6. The predicted molar refractivity (Wildman–Crippen MR) is 164 cm³/mol. The van der Waals surface area contributed by atoms with Gasteiger partial charge in [-0.05, 0) is 64.4 Å². The first kappa shape index (κ1) is 35.8. The van der Waals surface area contributed by atoms with E-state index in [4.69, 9.17) is 10.1 Å². The van der Waals surface area contributed by atoms with Gasteiger partial charge in [0.15, 0.2) is 0 Å². The number of aryl methyl sites for hydroxylation is 1. The van der Waals surface area contributed by atoms with Crippen LogP contribution in [0, 0.1) is 0 Å². The van der Waals surface area contributed by atoms with Gasteiger partial charge >= 0.3 is 12.4 Å². The number of amides is 1. The third-order valence-electron chi connectivity index (χ3n) is 8.81. The minimum Gasteiger partial charge on any atom is -0.640 e. The van der Waals surface area contributed by atoms with Gasteiger partial charge in [0.1, 0.15) is 5.75 Å². The number of carbonyl (C=O) groups is 1. The molecule has 2 aromatic rings. The Hall–Kier alpha value is -3.03. The van der Waals surface area contributed by atoms with Crippen LogP contribution in [0.2, 0.25) is 0 Å². The van der Waals surface area contributed by atoms with Crippen molar-refractivity contribution in [3.8, 4) is 5.75 Å². The van der Waals surface area contributed by atoms with Crippen molar-refractivity contribution in [1.82, 2.24) is 9.80 Å². The number of piperazine rings is 1. The number of benzene rings is 2. The van der Waals surface area contributed by atoms with Crippen molar-refractivity contribution in [3.05, 3.63) is 64.5 Å². The number of hydrogen-bond acceptors (Lipinski definition) is 5. The summed E-state index contributed by atoms with van der Waals surface area (Å²) in [5, 5.41) is 14.8. The van der Waals surface area contributed by atoms with E-state index < -0.39 is 29.1 Å². The smallest absolute Gasteiger partial charge is 0.430 e. The molecule has 3 atom stereocenters. The van der Waals surface area contributed by atoms with E-state index in [1.54, 1.807) is 11.8 Å². The highest BCUT2D eigenvalue weighted by Gasteiger charge is 2.71. The Morgan fingerprint density at radius 3 is 2.22 bits per heavy atom. The van der Waals surface area contributed by atoms with Crippen molar-refractivity contribution >= 4 is 11.6 Å². The molecule has 0 spiro atoms. The molecule has 1 amide bonds. The van der Waals surface area contributed by atoms with E-state index in [-0.39, 0.29) is 42.6 Å². The second-order valence-corrected chi connectivity index (χ2v) is 12.9. The zero-order chi connectivity index (χ0) is 34.2. The zero-order valence-corrected chi connectivity index (χ0v) is 27.0. The Bertz CT molecular complexity index is 1350. The topological polar surface area (TPSA) is 70.4 Å². The lowest BCUT2D eigenvalue weighted by atomic mass is 9.89. The Morgan fingerprint density at radius 1 is 1.02 bits per heavy atom. The standard InChI is InChI=1S/C33H43F6N4O3/c1-7-8-24-15-26(31(45,32(34,35)36)33(37,38)39)11-14-28(24)42-16-23(5)43(17-22(42)4)29(44)18-41-19-30(6,40-20-41)25-9-12-27(13-10-25)46-21(2)3/h9-15,21-23,45H,7-8,16-20H2,1-6H3/q-1/t22?,23-,30-/m1/s1. The molecule has 0 radical (unpaired) electrons. The summed E-state index contributed by atoms with van der Waals surface area (Å²) in [7, 11) is 0. The molecule has 2 aliphatic heterocycles. The molecule has 4 rings (SSSR count). The van der Waals surface area contributed by atoms with Gasteiger partial charge in [-0.3, -0.25) is 4.79 Å². The lowest BCUT2D eigenvalue weighted by molar-refractivity contribution is -0.376. The Balaban J connectivity index is 1.46. The van der Waals surface area contributed by atoms with Gasteiger partial charge in [0, 0.05) is 36.4 Å². The average Bonchev–Trinajstić information content (AvgIpc) is 3.33. The number of aliphatic hydroxyl groups is 1. The maximum absolute atomic E-state index is 13.6. The molecule has 0 aliphatic carbocycles. The fourth-order valence-electron chi connectivity index (χ4n) is 6.38. The number of hydrogen-bond donors (Lipinski definition) is 1. The van der Waals surface area contributed by atoms with E-state index in [9.17, 15) is 36.2 Å². The average molecular weight is 658 g/mol. The predicted octanol–water partition coefficient (Wildman–Crippen LogP) is 6.73. The van der Waals surface area contributed by atoms with Crippen LogP contribution < -0.4 is 9.64 Å². The summed E-state index contributed by atoms with van der Waals surface area (Å²) in [5.41, 5.74) is -4.96. The summed E-state index contributed by atoms with van der Waals surface area (Å²) in [4.78, 5) is 19.2. The van der Waals surface area contributed by atoms with E-state index >= 15 is 0 Å². The van der Waals surface area contributed by atoms with E-state index in [2.05, 4.69) is 0 Å². The van der Waals surface area contributed by atoms with Crippen molar-refractivity contribution in [1.29, 1.82) is 0 Å². The van der Waals surface area contributed by atoms with Crippen LogP contribution in [0.4, 0.5) is 32.0 Å².